The third kappa shape index (κ3) is 6.96. The number of aromatic amines is 1. The first kappa shape index (κ1) is 26.0. The minimum absolute atomic E-state index is 0.579. The molecule has 0 aliphatic heterocycles. The van der Waals surface area contributed by atoms with Crippen LogP contribution < -0.4 is 4.74 Å². The molecule has 1 heterocycles. The molecular formula is C27H22F3N3O3. The molecule has 0 fully saturated rings. The van der Waals surface area contributed by atoms with E-state index in [2.05, 4.69) is 53.3 Å². The molecule has 0 amide bonds. The van der Waals surface area contributed by atoms with Crippen LogP contribution >= 0.6 is 0 Å². The normalized spacial score (nSPS) is 10.7. The molecule has 184 valence electrons. The fourth-order valence-corrected chi connectivity index (χ4v) is 3.34. The van der Waals surface area contributed by atoms with Gasteiger partial charge in [-0.05, 0) is 60.4 Å². The SMILES string of the molecule is Cc1nc(Oc2ccc(-c3ccccc3C)cc2)c(Cc2ccc(C#N)cc2)[nH]1.O=C(O)C(F)(F)F. The first-order valence-electron chi connectivity index (χ1n) is 10.8. The fraction of sp³-hybridized carbons (Fsp3) is 0.148. The van der Waals surface area contributed by atoms with Crippen LogP contribution in [0, 0.1) is 25.2 Å². The number of aryl methyl sites for hydroxylation is 2. The van der Waals surface area contributed by atoms with Crippen molar-refractivity contribution in [2.45, 2.75) is 26.4 Å². The number of nitriles is 1. The maximum Gasteiger partial charge on any atom is 0.490 e. The van der Waals surface area contributed by atoms with Gasteiger partial charge in [0.1, 0.15) is 11.6 Å². The van der Waals surface area contributed by atoms with Crippen LogP contribution in [-0.4, -0.2) is 27.2 Å². The van der Waals surface area contributed by atoms with E-state index in [0.29, 0.717) is 17.9 Å². The number of benzene rings is 3. The monoisotopic (exact) mass is 493 g/mol. The van der Waals surface area contributed by atoms with Crippen molar-refractivity contribution in [3.8, 4) is 28.8 Å². The van der Waals surface area contributed by atoms with Gasteiger partial charge in [-0.3, -0.25) is 0 Å². The van der Waals surface area contributed by atoms with Crippen molar-refractivity contribution in [1.29, 1.82) is 5.26 Å². The van der Waals surface area contributed by atoms with Crippen LogP contribution in [0.1, 0.15) is 28.2 Å². The number of H-pyrrole nitrogens is 1. The Bertz CT molecular complexity index is 1370. The Morgan fingerprint density at radius 1 is 1.03 bits per heavy atom. The minimum atomic E-state index is -5.08. The predicted molar refractivity (Wildman–Crippen MR) is 128 cm³/mol. The number of carboxylic acids is 1. The third-order valence-electron chi connectivity index (χ3n) is 5.09. The first-order valence-corrected chi connectivity index (χ1v) is 10.8. The summed E-state index contributed by atoms with van der Waals surface area (Å²) in [5, 5.41) is 16.1. The van der Waals surface area contributed by atoms with Crippen LogP contribution in [0.3, 0.4) is 0 Å². The molecule has 1 aromatic heterocycles. The Labute approximate surface area is 205 Å². The minimum Gasteiger partial charge on any atom is -0.475 e. The highest BCUT2D eigenvalue weighted by Crippen LogP contribution is 2.29. The van der Waals surface area contributed by atoms with E-state index in [1.165, 1.54) is 11.1 Å². The average Bonchev–Trinajstić information content (AvgIpc) is 3.18. The van der Waals surface area contributed by atoms with Crippen molar-refractivity contribution in [3.05, 3.63) is 101 Å². The Balaban J connectivity index is 0.000000454. The van der Waals surface area contributed by atoms with Gasteiger partial charge in [0, 0.05) is 6.42 Å². The van der Waals surface area contributed by atoms with Gasteiger partial charge in [-0.2, -0.15) is 23.4 Å². The molecule has 4 aromatic rings. The van der Waals surface area contributed by atoms with Crippen molar-refractivity contribution in [1.82, 2.24) is 9.97 Å². The second kappa shape index (κ2) is 11.2. The summed E-state index contributed by atoms with van der Waals surface area (Å²) in [5.74, 6) is -0.627. The number of halogens is 3. The molecule has 6 nitrogen and oxygen atoms in total. The number of carbonyl (C=O) groups is 1. The van der Waals surface area contributed by atoms with Crippen LogP contribution in [0.25, 0.3) is 11.1 Å². The van der Waals surface area contributed by atoms with Crippen LogP contribution in [0.4, 0.5) is 13.2 Å². The molecule has 0 aliphatic carbocycles. The summed E-state index contributed by atoms with van der Waals surface area (Å²) in [6, 6.07) is 26.1. The summed E-state index contributed by atoms with van der Waals surface area (Å²) < 4.78 is 37.8. The summed E-state index contributed by atoms with van der Waals surface area (Å²) in [6.45, 7) is 4.03. The number of aromatic nitrogens is 2. The largest absolute Gasteiger partial charge is 0.490 e. The van der Waals surface area contributed by atoms with Gasteiger partial charge in [0.2, 0.25) is 5.88 Å². The lowest BCUT2D eigenvalue weighted by Gasteiger charge is -2.09. The quantitative estimate of drug-likeness (QED) is 0.327. The maximum absolute atomic E-state index is 10.6. The summed E-state index contributed by atoms with van der Waals surface area (Å²) in [7, 11) is 0. The lowest BCUT2D eigenvalue weighted by molar-refractivity contribution is -0.192. The van der Waals surface area contributed by atoms with E-state index < -0.39 is 12.1 Å². The van der Waals surface area contributed by atoms with Gasteiger partial charge in [0.05, 0.1) is 17.3 Å². The van der Waals surface area contributed by atoms with E-state index in [4.69, 9.17) is 19.9 Å². The molecule has 9 heteroatoms. The topological polar surface area (TPSA) is 99.0 Å². The highest BCUT2D eigenvalue weighted by Gasteiger charge is 2.38. The van der Waals surface area contributed by atoms with Gasteiger partial charge >= 0.3 is 12.1 Å². The zero-order valence-electron chi connectivity index (χ0n) is 19.4. The Kier molecular flexibility index (Phi) is 8.12. The highest BCUT2D eigenvalue weighted by molar-refractivity contribution is 5.73. The number of ether oxygens (including phenoxy) is 1. The summed E-state index contributed by atoms with van der Waals surface area (Å²) in [6.07, 6.45) is -4.43. The lowest BCUT2D eigenvalue weighted by atomic mass is 10.0. The molecule has 0 saturated heterocycles. The summed E-state index contributed by atoms with van der Waals surface area (Å²) >= 11 is 0. The number of nitrogens with one attached hydrogen (secondary N) is 1. The third-order valence-corrected chi connectivity index (χ3v) is 5.09. The molecule has 0 spiro atoms. The lowest BCUT2D eigenvalue weighted by Crippen LogP contribution is -2.21. The molecule has 0 atom stereocenters. The Hall–Kier alpha value is -4.58. The Morgan fingerprint density at radius 3 is 2.19 bits per heavy atom. The molecule has 3 aromatic carbocycles. The molecule has 0 radical (unpaired) electrons. The van der Waals surface area contributed by atoms with Gasteiger partial charge in [-0.25, -0.2) is 4.79 Å². The number of carboxylic acid groups (broad SMARTS) is 1. The molecule has 0 aliphatic rings. The first-order chi connectivity index (χ1) is 17.1. The number of aliphatic carboxylic acids is 1. The molecule has 2 N–H and O–H groups in total. The molecular weight excluding hydrogens is 471 g/mol. The van der Waals surface area contributed by atoms with Crippen molar-refractivity contribution in [2.75, 3.05) is 0 Å². The van der Waals surface area contributed by atoms with Crippen LogP contribution in [0.2, 0.25) is 0 Å². The summed E-state index contributed by atoms with van der Waals surface area (Å²) in [5.41, 5.74) is 6.28. The number of hydrogen-bond donors (Lipinski definition) is 2. The van der Waals surface area contributed by atoms with Crippen LogP contribution in [0.5, 0.6) is 11.6 Å². The van der Waals surface area contributed by atoms with E-state index in [0.717, 1.165) is 28.4 Å². The van der Waals surface area contributed by atoms with Crippen LogP contribution in [0.15, 0.2) is 72.8 Å². The van der Waals surface area contributed by atoms with Crippen molar-refractivity contribution < 1.29 is 27.8 Å². The maximum atomic E-state index is 10.6. The molecule has 0 bridgehead atoms. The van der Waals surface area contributed by atoms with Gasteiger partial charge in [0.15, 0.2) is 0 Å². The van der Waals surface area contributed by atoms with Gasteiger partial charge in [0.25, 0.3) is 0 Å². The smallest absolute Gasteiger partial charge is 0.475 e. The second-order valence-corrected chi connectivity index (χ2v) is 7.84. The number of nitrogens with zero attached hydrogens (tertiary/aromatic N) is 2. The molecule has 0 saturated carbocycles. The zero-order chi connectivity index (χ0) is 26.3. The van der Waals surface area contributed by atoms with Gasteiger partial charge < -0.3 is 14.8 Å². The van der Waals surface area contributed by atoms with E-state index in [-0.39, 0.29) is 0 Å². The fourth-order valence-electron chi connectivity index (χ4n) is 3.34. The predicted octanol–water partition coefficient (Wildman–Crippen LogP) is 6.58. The van der Waals surface area contributed by atoms with Crippen molar-refractivity contribution >= 4 is 5.97 Å². The number of imidazole rings is 1. The highest BCUT2D eigenvalue weighted by atomic mass is 19.4. The summed E-state index contributed by atoms with van der Waals surface area (Å²) in [4.78, 5) is 16.7. The second-order valence-electron chi connectivity index (χ2n) is 7.84. The van der Waals surface area contributed by atoms with Gasteiger partial charge in [-0.1, -0.05) is 48.5 Å². The zero-order valence-corrected chi connectivity index (χ0v) is 19.4. The van der Waals surface area contributed by atoms with E-state index >= 15 is 0 Å². The van der Waals surface area contributed by atoms with Crippen molar-refractivity contribution in [2.24, 2.45) is 0 Å². The number of hydrogen-bond acceptors (Lipinski definition) is 4. The van der Waals surface area contributed by atoms with Crippen LogP contribution in [-0.2, 0) is 11.2 Å². The number of alkyl halides is 3. The van der Waals surface area contributed by atoms with E-state index in [9.17, 15) is 13.2 Å². The average molecular weight is 493 g/mol. The Morgan fingerprint density at radius 2 is 1.64 bits per heavy atom. The van der Waals surface area contributed by atoms with E-state index in [1.54, 1.807) is 0 Å². The molecule has 0 unspecified atom stereocenters. The molecule has 4 rings (SSSR count). The van der Waals surface area contributed by atoms with Crippen molar-refractivity contribution in [3.63, 3.8) is 0 Å². The molecule has 36 heavy (non-hydrogen) atoms. The van der Waals surface area contributed by atoms with Gasteiger partial charge in [-0.15, -0.1) is 0 Å². The standard InChI is InChI=1S/C25H21N3O.C2HF3O2/c1-17-5-3-4-6-23(17)21-11-13-22(14-12-21)29-25-24(27-18(2)28-25)15-19-7-9-20(16-26)10-8-19;3-2(4,5)1(6)7/h3-14H,15H2,1-2H3,(H,27,28);(H,6,7). The van der Waals surface area contributed by atoms with E-state index in [1.807, 2.05) is 49.4 Å². The number of rotatable bonds is 5.